The lowest BCUT2D eigenvalue weighted by Gasteiger charge is -2.15. The predicted octanol–water partition coefficient (Wildman–Crippen LogP) is 3.77. The summed E-state index contributed by atoms with van der Waals surface area (Å²) in [7, 11) is 1.84. The van der Waals surface area contributed by atoms with Crippen LogP contribution in [0.1, 0.15) is 43.7 Å². The first-order chi connectivity index (χ1) is 11.6. The molecule has 3 rings (SSSR count). The van der Waals surface area contributed by atoms with Crippen molar-refractivity contribution in [2.75, 3.05) is 13.6 Å². The van der Waals surface area contributed by atoms with Crippen molar-refractivity contribution < 1.29 is 6.22 Å². The predicted molar refractivity (Wildman–Crippen MR) is 97.0 cm³/mol. The maximum absolute atomic E-state index is 12.5. The van der Waals surface area contributed by atoms with Gasteiger partial charge in [-0.05, 0) is 25.0 Å². The number of aromatic amines is 2. The van der Waals surface area contributed by atoms with E-state index in [1.165, 1.54) is 0 Å². The van der Waals surface area contributed by atoms with Gasteiger partial charge in [-0.3, -0.25) is 4.79 Å². The molecule has 0 radical (unpaired) electrons. The van der Waals surface area contributed by atoms with E-state index in [1.807, 2.05) is 32.4 Å². The second-order valence-electron chi connectivity index (χ2n) is 6.15. The number of amides is 1. The maximum atomic E-state index is 12.5. The zero-order valence-corrected chi connectivity index (χ0v) is 14.4. The lowest BCUT2D eigenvalue weighted by Crippen LogP contribution is -2.27. The van der Waals surface area contributed by atoms with E-state index in [2.05, 4.69) is 26.9 Å². The molecule has 0 saturated heterocycles. The molecule has 1 amide bonds. The molecule has 0 atom stereocenters. The number of aromatic nitrogens is 4. The monoisotopic (exact) mass is 327 g/mol. The lowest BCUT2D eigenvalue weighted by atomic mass is 10.1. The maximum Gasteiger partial charge on any atom is 0.270 e. The zero-order valence-electron chi connectivity index (χ0n) is 14.4. The first-order valence-electron chi connectivity index (χ1n) is 8.34. The van der Waals surface area contributed by atoms with Crippen molar-refractivity contribution in [1.82, 2.24) is 24.8 Å². The Kier molecular flexibility index (Phi) is 4.64. The van der Waals surface area contributed by atoms with E-state index in [4.69, 9.17) is 0 Å². The quantitative estimate of drug-likeness (QED) is 0.677. The van der Waals surface area contributed by atoms with E-state index in [1.54, 1.807) is 11.2 Å². The second kappa shape index (κ2) is 6.86. The molecular formula is C18H25N5O. The number of rotatable bonds is 6. The Hall–Kier alpha value is -2.63. The van der Waals surface area contributed by atoms with Gasteiger partial charge in [-0.2, -0.15) is 0 Å². The third kappa shape index (κ3) is 3.04. The molecule has 0 fully saturated rings. The molecule has 3 heterocycles. The van der Waals surface area contributed by atoms with Crippen molar-refractivity contribution in [2.24, 2.45) is 0 Å². The highest BCUT2D eigenvalue weighted by Crippen LogP contribution is 2.28. The number of carbonyl (C=O) groups excluding carboxylic acids is 1. The summed E-state index contributed by atoms with van der Waals surface area (Å²) in [4.78, 5) is 29.2. The summed E-state index contributed by atoms with van der Waals surface area (Å²) in [6, 6.07) is 1.87. The number of hydrogen-bond donors (Lipinski definition) is 2. The van der Waals surface area contributed by atoms with Gasteiger partial charge in [0.15, 0.2) is 0 Å². The molecular weight excluding hydrogens is 302 g/mol. The number of H-pyrrole nitrogens is 2. The van der Waals surface area contributed by atoms with Crippen LogP contribution in [0.3, 0.4) is 0 Å². The van der Waals surface area contributed by atoms with Crippen LogP contribution < -0.4 is 0 Å². The summed E-state index contributed by atoms with van der Waals surface area (Å²) >= 11 is 0. The van der Waals surface area contributed by atoms with Crippen molar-refractivity contribution in [3.63, 3.8) is 0 Å². The van der Waals surface area contributed by atoms with E-state index in [0.717, 1.165) is 53.7 Å². The highest BCUT2D eigenvalue weighted by atomic mass is 16.2. The van der Waals surface area contributed by atoms with Gasteiger partial charge in [0.05, 0.1) is 5.69 Å². The fourth-order valence-corrected chi connectivity index (χ4v) is 2.90. The summed E-state index contributed by atoms with van der Waals surface area (Å²) in [6.07, 6.45) is 8.61. The van der Waals surface area contributed by atoms with Crippen LogP contribution in [0.4, 0.5) is 0 Å². The molecule has 6 heteroatoms. The van der Waals surface area contributed by atoms with Gasteiger partial charge in [0.2, 0.25) is 0 Å². The molecule has 0 aromatic carbocycles. The third-order valence-electron chi connectivity index (χ3n) is 4.30. The Bertz CT molecular complexity index is 854. The molecule has 3 aromatic rings. The number of carbonyl (C=O) groups is 1. The number of hydrogen-bond acceptors (Lipinski definition) is 3. The Morgan fingerprint density at radius 1 is 1.25 bits per heavy atom. The molecule has 6 nitrogen and oxygen atoms in total. The number of nitrogens with one attached hydrogen (secondary N) is 2. The topological polar surface area (TPSA) is 77.7 Å². The van der Waals surface area contributed by atoms with Gasteiger partial charge in [-0.15, -0.1) is 0 Å². The van der Waals surface area contributed by atoms with Gasteiger partial charge in [0.1, 0.15) is 17.7 Å². The molecule has 0 saturated carbocycles. The van der Waals surface area contributed by atoms with E-state index < -0.39 is 0 Å². The minimum atomic E-state index is 0. The van der Waals surface area contributed by atoms with Crippen LogP contribution in [-0.4, -0.2) is 44.3 Å². The third-order valence-corrected chi connectivity index (χ3v) is 4.30. The highest BCUT2D eigenvalue weighted by molar-refractivity contribution is 5.97. The zero-order chi connectivity index (χ0) is 17.1. The van der Waals surface area contributed by atoms with Gasteiger partial charge in [0.25, 0.3) is 5.91 Å². The number of fused-ring (bicyclic) bond motifs is 1. The van der Waals surface area contributed by atoms with Gasteiger partial charge in [-0.1, -0.05) is 19.8 Å². The molecule has 0 spiro atoms. The van der Waals surface area contributed by atoms with Crippen molar-refractivity contribution in [3.05, 3.63) is 36.0 Å². The van der Waals surface area contributed by atoms with Crippen LogP contribution in [0.25, 0.3) is 22.3 Å². The van der Waals surface area contributed by atoms with E-state index in [-0.39, 0.29) is 7.33 Å². The smallest absolute Gasteiger partial charge is 0.270 e. The van der Waals surface area contributed by atoms with E-state index >= 15 is 0 Å². The van der Waals surface area contributed by atoms with Crippen molar-refractivity contribution in [1.29, 1.82) is 0 Å². The molecule has 2 N–H and O–H groups in total. The van der Waals surface area contributed by atoms with Crippen molar-refractivity contribution in [2.45, 2.75) is 33.1 Å². The average molecular weight is 327 g/mol. The van der Waals surface area contributed by atoms with Gasteiger partial charge in [0, 0.05) is 38.4 Å². The Labute approximate surface area is 142 Å². The van der Waals surface area contributed by atoms with E-state index in [9.17, 15) is 4.79 Å². The SMILES string of the molecule is CCCCCN(C)C(=O)c1cc(-c2ncnc3[nH]cc(C)c23)c[nH]1.[HH]. The summed E-state index contributed by atoms with van der Waals surface area (Å²) < 4.78 is 0. The number of aryl methyl sites for hydroxylation is 1. The summed E-state index contributed by atoms with van der Waals surface area (Å²) in [5.74, 6) is 0.00782. The van der Waals surface area contributed by atoms with Crippen molar-refractivity contribution in [3.8, 4) is 11.3 Å². The molecule has 0 unspecified atom stereocenters. The molecule has 0 aliphatic heterocycles. The number of unbranched alkanes of at least 4 members (excludes halogenated alkanes) is 2. The Balaban J connectivity index is 0.00000225. The first-order valence-corrected chi connectivity index (χ1v) is 8.34. The van der Waals surface area contributed by atoms with Crippen LogP contribution in [-0.2, 0) is 0 Å². The summed E-state index contributed by atoms with van der Waals surface area (Å²) in [6.45, 7) is 4.95. The summed E-state index contributed by atoms with van der Waals surface area (Å²) in [5.41, 5.74) is 4.22. The van der Waals surface area contributed by atoms with Crippen molar-refractivity contribution >= 4 is 16.9 Å². The molecule has 128 valence electrons. The van der Waals surface area contributed by atoms with Gasteiger partial charge >= 0.3 is 0 Å². The normalized spacial score (nSPS) is 11.1. The van der Waals surface area contributed by atoms with Crippen LogP contribution >= 0.6 is 0 Å². The molecule has 0 bridgehead atoms. The Morgan fingerprint density at radius 2 is 2.08 bits per heavy atom. The van der Waals surface area contributed by atoms with Crippen LogP contribution in [0.15, 0.2) is 24.8 Å². The van der Waals surface area contributed by atoms with Crippen LogP contribution in [0, 0.1) is 6.92 Å². The fourth-order valence-electron chi connectivity index (χ4n) is 2.90. The lowest BCUT2D eigenvalue weighted by molar-refractivity contribution is 0.0787. The standard InChI is InChI=1S/C18H23N5O.H2/c1-4-5-6-7-23(3)18(24)14-8-13(10-19-14)16-15-12(2)9-20-17(15)22-11-21-16;/h8-11,19H,4-7H2,1-3H3,(H,20,21,22);1H. The van der Waals surface area contributed by atoms with Gasteiger partial charge in [-0.25, -0.2) is 9.97 Å². The molecule has 0 aliphatic rings. The van der Waals surface area contributed by atoms with E-state index in [0.29, 0.717) is 5.69 Å². The molecule has 24 heavy (non-hydrogen) atoms. The van der Waals surface area contributed by atoms with Crippen LogP contribution in [0.2, 0.25) is 0 Å². The summed E-state index contributed by atoms with van der Waals surface area (Å²) in [5, 5.41) is 0.992. The minimum Gasteiger partial charge on any atom is -0.357 e. The second-order valence-corrected chi connectivity index (χ2v) is 6.15. The fraction of sp³-hybridized carbons (Fsp3) is 0.389. The Morgan fingerprint density at radius 3 is 2.88 bits per heavy atom. The minimum absolute atomic E-state index is 0. The molecule has 0 aliphatic carbocycles. The first kappa shape index (κ1) is 16.2. The van der Waals surface area contributed by atoms with Crippen LogP contribution in [0.5, 0.6) is 0 Å². The highest BCUT2D eigenvalue weighted by Gasteiger charge is 2.16. The van der Waals surface area contributed by atoms with Gasteiger partial charge < -0.3 is 14.9 Å². The largest absolute Gasteiger partial charge is 0.357 e. The molecule has 3 aromatic heterocycles. The number of nitrogens with zero attached hydrogens (tertiary/aromatic N) is 3. The average Bonchev–Trinajstić information content (AvgIpc) is 3.22.